The van der Waals surface area contributed by atoms with Crippen LogP contribution in [-0.4, -0.2) is 146 Å². The van der Waals surface area contributed by atoms with Gasteiger partial charge in [0.05, 0.1) is 68.5 Å². The largest absolute Gasteiger partial charge is 0.416 e. The molecule has 2 saturated heterocycles. The number of likely N-dealkylation sites (N-methyl/N-ethyl adjacent to an activating group) is 2. The second-order valence-corrected chi connectivity index (χ2v) is 20.5. The average Bonchev–Trinajstić information content (AvgIpc) is 3.49. The van der Waals surface area contributed by atoms with Crippen molar-refractivity contribution in [3.63, 3.8) is 0 Å². The van der Waals surface area contributed by atoms with Crippen molar-refractivity contribution < 1.29 is 41.9 Å². The highest BCUT2D eigenvalue weighted by Gasteiger charge is 2.31. The fourth-order valence-corrected chi connectivity index (χ4v) is 9.05. The van der Waals surface area contributed by atoms with Gasteiger partial charge in [-0.05, 0) is 129 Å². The number of pyridine rings is 1. The summed E-state index contributed by atoms with van der Waals surface area (Å²) in [6.45, 7) is 6.20. The number of hydrogen-bond acceptors (Lipinski definition) is 15. The third kappa shape index (κ3) is 16.3. The lowest BCUT2D eigenvalue weighted by Gasteiger charge is -2.32. The molecule has 0 bridgehead atoms. The second kappa shape index (κ2) is 27.7. The summed E-state index contributed by atoms with van der Waals surface area (Å²) in [4.78, 5) is 105. The quantitative estimate of drug-likeness (QED) is 0.0593. The highest BCUT2D eigenvalue weighted by molar-refractivity contribution is 6.35. The number of carbonyl (C=O) groups is 6. The van der Waals surface area contributed by atoms with E-state index in [-0.39, 0.29) is 61.8 Å². The molecular formula is C60H54Cl2F3N15O6. The molecule has 0 aliphatic carbocycles. The van der Waals surface area contributed by atoms with Crippen LogP contribution in [0.5, 0.6) is 0 Å². The molecule has 440 valence electrons. The molecule has 26 heteroatoms. The van der Waals surface area contributed by atoms with Crippen LogP contribution in [0.3, 0.4) is 0 Å². The zero-order chi connectivity index (χ0) is 60.9. The van der Waals surface area contributed by atoms with Crippen molar-refractivity contribution in [2.45, 2.75) is 6.18 Å². The minimum absolute atomic E-state index is 0.00641. The molecule has 2 aliphatic heterocycles. The second-order valence-electron chi connectivity index (χ2n) is 19.7. The van der Waals surface area contributed by atoms with Crippen molar-refractivity contribution >= 4 is 105 Å². The van der Waals surface area contributed by atoms with E-state index >= 15 is 0 Å². The van der Waals surface area contributed by atoms with E-state index in [0.29, 0.717) is 71.6 Å². The first kappa shape index (κ1) is 60.7. The molecule has 5 aromatic carbocycles. The number of benzene rings is 5. The number of amides is 6. The lowest BCUT2D eigenvalue weighted by Crippen LogP contribution is -2.47. The molecule has 0 radical (unpaired) electrons. The standard InChI is InChI=1S/C31H27ClF3N7O3.C29H27ClN8O3/c1-41-11-13-42(14-12-41)29(45)19-5-7-22(8-6-19)40-30-36-17-24(18-37-30)39-28(44)25-16-23(9-10-26(25)32)38-27(43)20-3-2-4-21(15-20)31(33,34)35;1-37-11-13-38(14-12-37)28(41)19-4-6-21(7-5-19)36-29-32-17-23(18-33-29)35-27(40)24-15-22(8-9-25(24)30)34-26(39)20-3-2-10-31-16-20/h2-10,15-18H,11-14H2,1H3,(H,38,43)(H,39,44)(H,36,37,40);2-10,15-18H,11-14H2,1H3,(H,34,39)(H,35,40)(H,32,33,36). The van der Waals surface area contributed by atoms with Crippen LogP contribution in [0.1, 0.15) is 67.7 Å². The monoisotopic (exact) mass is 1210 g/mol. The topological polar surface area (TPSA) is 252 Å². The van der Waals surface area contributed by atoms with E-state index in [9.17, 15) is 41.9 Å². The number of rotatable bonds is 14. The highest BCUT2D eigenvalue weighted by atomic mass is 35.5. The Morgan fingerprint density at radius 1 is 0.430 bits per heavy atom. The molecule has 5 heterocycles. The van der Waals surface area contributed by atoms with Crippen molar-refractivity contribution in [1.82, 2.24) is 44.5 Å². The predicted molar refractivity (Wildman–Crippen MR) is 321 cm³/mol. The smallest absolute Gasteiger partial charge is 0.336 e. The Bertz CT molecular complexity index is 3740. The maximum atomic E-state index is 13.0. The summed E-state index contributed by atoms with van der Waals surface area (Å²) in [7, 11) is 4.08. The number of anilines is 8. The molecule has 3 aromatic heterocycles. The molecule has 8 aromatic rings. The van der Waals surface area contributed by atoms with Crippen LogP contribution in [0.25, 0.3) is 0 Å². The van der Waals surface area contributed by atoms with Crippen molar-refractivity contribution in [2.24, 2.45) is 0 Å². The van der Waals surface area contributed by atoms with Crippen LogP contribution in [0, 0.1) is 0 Å². The van der Waals surface area contributed by atoms with Gasteiger partial charge in [0.15, 0.2) is 0 Å². The molecule has 21 nitrogen and oxygen atoms in total. The third-order valence-electron chi connectivity index (χ3n) is 13.5. The molecule has 0 unspecified atom stereocenters. The molecule has 2 aliphatic rings. The van der Waals surface area contributed by atoms with Crippen LogP contribution in [-0.2, 0) is 6.18 Å². The van der Waals surface area contributed by atoms with Gasteiger partial charge in [0.1, 0.15) is 0 Å². The Hall–Kier alpha value is -9.88. The van der Waals surface area contributed by atoms with Crippen LogP contribution < -0.4 is 31.9 Å². The summed E-state index contributed by atoms with van der Waals surface area (Å²) in [5.74, 6) is -1.69. The summed E-state index contributed by atoms with van der Waals surface area (Å²) >= 11 is 12.5. The Balaban J connectivity index is 0.000000206. The van der Waals surface area contributed by atoms with Crippen molar-refractivity contribution in [2.75, 3.05) is 98.4 Å². The van der Waals surface area contributed by atoms with E-state index in [0.717, 1.165) is 44.4 Å². The zero-order valence-corrected chi connectivity index (χ0v) is 47.5. The predicted octanol–water partition coefficient (Wildman–Crippen LogP) is 9.95. The lowest BCUT2D eigenvalue weighted by atomic mass is 10.1. The molecule has 10 rings (SSSR count). The maximum Gasteiger partial charge on any atom is 0.416 e. The van der Waals surface area contributed by atoms with E-state index in [1.807, 2.05) is 23.9 Å². The van der Waals surface area contributed by atoms with Gasteiger partial charge in [-0.25, -0.2) is 19.9 Å². The van der Waals surface area contributed by atoms with Gasteiger partial charge < -0.3 is 51.5 Å². The molecule has 0 spiro atoms. The minimum atomic E-state index is -4.60. The third-order valence-corrected chi connectivity index (χ3v) is 14.1. The van der Waals surface area contributed by atoms with E-state index < -0.39 is 29.5 Å². The Kier molecular flexibility index (Phi) is 19.5. The molecule has 2 fully saturated rings. The summed E-state index contributed by atoms with van der Waals surface area (Å²) in [6.07, 6.45) is 4.10. The fourth-order valence-electron chi connectivity index (χ4n) is 8.64. The molecule has 0 saturated carbocycles. The zero-order valence-electron chi connectivity index (χ0n) is 46.0. The number of hydrogen-bond donors (Lipinski definition) is 6. The van der Waals surface area contributed by atoms with E-state index in [2.05, 4.69) is 66.6 Å². The van der Waals surface area contributed by atoms with Gasteiger partial charge in [0, 0.05) is 104 Å². The van der Waals surface area contributed by atoms with Crippen LogP contribution >= 0.6 is 23.2 Å². The Morgan fingerprint density at radius 2 is 0.826 bits per heavy atom. The maximum absolute atomic E-state index is 13.0. The fraction of sp³-hybridized carbons (Fsp3) is 0.183. The number of aromatic nitrogens is 5. The molecule has 6 amide bonds. The van der Waals surface area contributed by atoms with Gasteiger partial charge in [0.25, 0.3) is 35.4 Å². The van der Waals surface area contributed by atoms with E-state index in [1.165, 1.54) is 67.4 Å². The first-order valence-corrected chi connectivity index (χ1v) is 27.3. The number of nitrogens with one attached hydrogen (secondary N) is 6. The van der Waals surface area contributed by atoms with E-state index in [4.69, 9.17) is 23.2 Å². The van der Waals surface area contributed by atoms with Crippen LogP contribution in [0.2, 0.25) is 10.0 Å². The van der Waals surface area contributed by atoms with Gasteiger partial charge in [-0.3, -0.25) is 33.8 Å². The van der Waals surface area contributed by atoms with Gasteiger partial charge in [-0.1, -0.05) is 29.3 Å². The van der Waals surface area contributed by atoms with Gasteiger partial charge in [-0.2, -0.15) is 13.2 Å². The van der Waals surface area contributed by atoms with Crippen LogP contribution in [0.15, 0.2) is 159 Å². The normalized spacial score (nSPS) is 13.5. The number of alkyl halides is 3. The first-order valence-electron chi connectivity index (χ1n) is 26.6. The van der Waals surface area contributed by atoms with Crippen LogP contribution in [0.4, 0.5) is 59.2 Å². The number of halogens is 5. The van der Waals surface area contributed by atoms with Crippen molar-refractivity contribution in [1.29, 1.82) is 0 Å². The van der Waals surface area contributed by atoms with Crippen molar-refractivity contribution in [3.8, 4) is 0 Å². The summed E-state index contributed by atoms with van der Waals surface area (Å²) < 4.78 is 39.1. The number of carbonyl (C=O) groups excluding carboxylic acids is 6. The highest BCUT2D eigenvalue weighted by Crippen LogP contribution is 2.31. The van der Waals surface area contributed by atoms with Crippen molar-refractivity contribution in [3.05, 3.63) is 207 Å². The van der Waals surface area contributed by atoms with E-state index in [1.54, 1.807) is 72.9 Å². The molecule has 6 N–H and O–H groups in total. The molecular weight excluding hydrogens is 1150 g/mol. The average molecular weight is 1210 g/mol. The first-order chi connectivity index (χ1) is 41.3. The number of piperazine rings is 2. The Morgan fingerprint density at radius 3 is 1.23 bits per heavy atom. The molecule has 0 atom stereocenters. The summed E-state index contributed by atoms with van der Waals surface area (Å²) in [5, 5.41) is 17.0. The number of nitrogens with zero attached hydrogens (tertiary/aromatic N) is 9. The Labute approximate surface area is 501 Å². The summed E-state index contributed by atoms with van der Waals surface area (Å²) in [6, 6.07) is 30.1. The van der Waals surface area contributed by atoms with Gasteiger partial charge in [0.2, 0.25) is 11.9 Å². The van der Waals surface area contributed by atoms with Gasteiger partial charge >= 0.3 is 6.18 Å². The minimum Gasteiger partial charge on any atom is -0.336 e. The SMILES string of the molecule is CN1CCN(C(=O)c2ccc(Nc3ncc(NC(=O)c4cc(NC(=O)c5cccc(C(F)(F)F)c5)ccc4Cl)cn3)cc2)CC1.CN1CCN(C(=O)c2ccc(Nc3ncc(NC(=O)c4cc(NC(=O)c5cccnc5)ccc4Cl)cn3)cc2)CC1. The van der Waals surface area contributed by atoms with Gasteiger partial charge in [-0.15, -0.1) is 0 Å². The molecule has 86 heavy (non-hydrogen) atoms. The lowest BCUT2D eigenvalue weighted by molar-refractivity contribution is -0.137. The summed E-state index contributed by atoms with van der Waals surface area (Å²) in [5.41, 5.74) is 3.16.